The number of aromatic nitrogens is 1. The molecule has 2 heterocycles. The van der Waals surface area contributed by atoms with Crippen LogP contribution in [0.25, 0.3) is 10.9 Å². The van der Waals surface area contributed by atoms with Crippen LogP contribution in [-0.4, -0.2) is 58.4 Å². The molecule has 2 aromatic carbocycles. The lowest BCUT2D eigenvalue weighted by Gasteiger charge is -2.38. The fourth-order valence-corrected chi connectivity index (χ4v) is 5.72. The maximum atomic E-state index is 13.1. The van der Waals surface area contributed by atoms with Crippen LogP contribution in [0.15, 0.2) is 48.7 Å². The van der Waals surface area contributed by atoms with E-state index < -0.39 is 0 Å². The molecular weight excluding hydrogens is 471 g/mol. The molecule has 178 valence electrons. The standard InChI is InChI=1S/C26H28Cl2N4O2/c27-20-14-21(28)16-22(15-20)29-25(33)17-32-8-7-18-13-19(5-6-24(18)32)26(34)31-11-9-30(10-12-31)23-3-1-2-4-23/h5-8,13-16,23H,1-4,9-12,17H2,(H,29,33). The van der Waals surface area contributed by atoms with Gasteiger partial charge in [-0.15, -0.1) is 0 Å². The van der Waals surface area contributed by atoms with Crippen LogP contribution in [0.3, 0.4) is 0 Å². The van der Waals surface area contributed by atoms with E-state index in [0.29, 0.717) is 27.3 Å². The number of nitrogens with one attached hydrogen (secondary N) is 1. The number of piperazine rings is 1. The molecule has 0 spiro atoms. The molecule has 1 aliphatic heterocycles. The summed E-state index contributed by atoms with van der Waals surface area (Å²) in [6, 6.07) is 13.3. The molecule has 0 atom stereocenters. The Morgan fingerprint density at radius 1 is 0.912 bits per heavy atom. The Labute approximate surface area is 209 Å². The van der Waals surface area contributed by atoms with Gasteiger partial charge in [-0.25, -0.2) is 0 Å². The van der Waals surface area contributed by atoms with Gasteiger partial charge in [-0.2, -0.15) is 0 Å². The first kappa shape index (κ1) is 23.2. The van der Waals surface area contributed by atoms with Gasteiger partial charge in [0.15, 0.2) is 0 Å². The Morgan fingerprint density at radius 2 is 1.62 bits per heavy atom. The molecule has 1 saturated carbocycles. The van der Waals surface area contributed by atoms with E-state index >= 15 is 0 Å². The number of hydrogen-bond donors (Lipinski definition) is 1. The Bertz CT molecular complexity index is 1190. The van der Waals surface area contributed by atoms with E-state index in [0.717, 1.165) is 37.1 Å². The van der Waals surface area contributed by atoms with Gasteiger partial charge in [0.1, 0.15) is 6.54 Å². The third-order valence-corrected chi connectivity index (χ3v) is 7.36. The predicted molar refractivity (Wildman–Crippen MR) is 137 cm³/mol. The van der Waals surface area contributed by atoms with Gasteiger partial charge in [0.05, 0.1) is 0 Å². The zero-order valence-electron chi connectivity index (χ0n) is 19.0. The number of fused-ring (bicyclic) bond motifs is 1. The minimum absolute atomic E-state index is 0.0799. The minimum Gasteiger partial charge on any atom is -0.338 e. The van der Waals surface area contributed by atoms with Crippen molar-refractivity contribution in [1.29, 1.82) is 0 Å². The molecule has 3 aromatic rings. The van der Waals surface area contributed by atoms with E-state index in [9.17, 15) is 9.59 Å². The summed E-state index contributed by atoms with van der Waals surface area (Å²) in [6.45, 7) is 3.62. The first-order chi connectivity index (χ1) is 16.5. The number of benzene rings is 2. The summed E-state index contributed by atoms with van der Waals surface area (Å²) < 4.78 is 1.87. The van der Waals surface area contributed by atoms with Gasteiger partial charge in [0, 0.05) is 70.6 Å². The fourth-order valence-electron chi connectivity index (χ4n) is 5.19. The summed E-state index contributed by atoms with van der Waals surface area (Å²) in [5.74, 6) is -0.104. The molecule has 2 amide bonds. The molecular formula is C26H28Cl2N4O2. The number of rotatable bonds is 5. The van der Waals surface area contributed by atoms with Crippen molar-refractivity contribution >= 4 is 51.6 Å². The maximum absolute atomic E-state index is 13.1. The second kappa shape index (κ2) is 9.98. The quantitative estimate of drug-likeness (QED) is 0.519. The van der Waals surface area contributed by atoms with Crippen molar-refractivity contribution in [2.45, 2.75) is 38.3 Å². The second-order valence-electron chi connectivity index (χ2n) is 9.19. The Hall–Kier alpha value is -2.54. The molecule has 1 N–H and O–H groups in total. The highest BCUT2D eigenvalue weighted by Crippen LogP contribution is 2.26. The number of nitrogens with zero attached hydrogens (tertiary/aromatic N) is 3. The molecule has 1 aromatic heterocycles. The molecule has 2 aliphatic rings. The van der Waals surface area contributed by atoms with Gasteiger partial charge in [0.2, 0.25) is 5.91 Å². The van der Waals surface area contributed by atoms with Crippen molar-refractivity contribution in [3.63, 3.8) is 0 Å². The van der Waals surface area contributed by atoms with Crippen LogP contribution in [-0.2, 0) is 11.3 Å². The van der Waals surface area contributed by atoms with Gasteiger partial charge in [0.25, 0.3) is 5.91 Å². The van der Waals surface area contributed by atoms with E-state index in [-0.39, 0.29) is 18.4 Å². The summed E-state index contributed by atoms with van der Waals surface area (Å²) in [5, 5.41) is 4.70. The van der Waals surface area contributed by atoms with Crippen molar-refractivity contribution in [3.05, 3.63) is 64.3 Å². The minimum atomic E-state index is -0.184. The first-order valence-electron chi connectivity index (χ1n) is 11.8. The molecule has 0 unspecified atom stereocenters. The average molecular weight is 499 g/mol. The predicted octanol–water partition coefficient (Wildman–Crippen LogP) is 5.29. The lowest BCUT2D eigenvalue weighted by atomic mass is 10.1. The van der Waals surface area contributed by atoms with Crippen molar-refractivity contribution < 1.29 is 9.59 Å². The molecule has 0 bridgehead atoms. The fraction of sp³-hybridized carbons (Fsp3) is 0.385. The van der Waals surface area contributed by atoms with E-state index in [1.807, 2.05) is 39.9 Å². The maximum Gasteiger partial charge on any atom is 0.253 e. The molecule has 2 fully saturated rings. The molecule has 34 heavy (non-hydrogen) atoms. The summed E-state index contributed by atoms with van der Waals surface area (Å²) in [5.41, 5.74) is 2.15. The van der Waals surface area contributed by atoms with Gasteiger partial charge in [-0.05, 0) is 55.3 Å². The third kappa shape index (κ3) is 5.09. The number of hydrogen-bond acceptors (Lipinski definition) is 3. The summed E-state index contributed by atoms with van der Waals surface area (Å²) in [4.78, 5) is 30.2. The average Bonchev–Trinajstić information content (AvgIpc) is 3.48. The van der Waals surface area contributed by atoms with Crippen molar-refractivity contribution in [2.75, 3.05) is 31.5 Å². The number of carbonyl (C=O) groups is 2. The van der Waals surface area contributed by atoms with Gasteiger partial charge >= 0.3 is 0 Å². The highest BCUT2D eigenvalue weighted by atomic mass is 35.5. The molecule has 0 radical (unpaired) electrons. The monoisotopic (exact) mass is 498 g/mol. The van der Waals surface area contributed by atoms with E-state index in [2.05, 4.69) is 10.2 Å². The van der Waals surface area contributed by atoms with Gasteiger partial charge in [-0.1, -0.05) is 36.0 Å². The van der Waals surface area contributed by atoms with Crippen LogP contribution in [0.4, 0.5) is 5.69 Å². The smallest absolute Gasteiger partial charge is 0.253 e. The topological polar surface area (TPSA) is 57.6 Å². The summed E-state index contributed by atoms with van der Waals surface area (Å²) in [6.07, 6.45) is 7.13. The van der Waals surface area contributed by atoms with Crippen molar-refractivity contribution in [2.24, 2.45) is 0 Å². The third-order valence-electron chi connectivity index (χ3n) is 6.92. The molecule has 6 nitrogen and oxygen atoms in total. The van der Waals surface area contributed by atoms with Crippen LogP contribution in [0.1, 0.15) is 36.0 Å². The first-order valence-corrected chi connectivity index (χ1v) is 12.6. The van der Waals surface area contributed by atoms with Crippen LogP contribution in [0.2, 0.25) is 10.0 Å². The van der Waals surface area contributed by atoms with Gasteiger partial charge < -0.3 is 14.8 Å². The Morgan fingerprint density at radius 3 is 2.32 bits per heavy atom. The summed E-state index contributed by atoms with van der Waals surface area (Å²) in [7, 11) is 0. The van der Waals surface area contributed by atoms with Crippen LogP contribution in [0.5, 0.6) is 0 Å². The highest BCUT2D eigenvalue weighted by Gasteiger charge is 2.28. The number of halogens is 2. The van der Waals surface area contributed by atoms with E-state index in [1.54, 1.807) is 18.2 Å². The van der Waals surface area contributed by atoms with Crippen molar-refractivity contribution in [3.8, 4) is 0 Å². The Balaban J connectivity index is 1.22. The lowest BCUT2D eigenvalue weighted by Crippen LogP contribution is -2.51. The lowest BCUT2D eigenvalue weighted by molar-refractivity contribution is -0.116. The Kier molecular flexibility index (Phi) is 6.82. The normalized spacial score (nSPS) is 17.4. The SMILES string of the molecule is O=C(Cn1ccc2cc(C(=O)N3CCN(C4CCCC4)CC3)ccc21)Nc1cc(Cl)cc(Cl)c1. The van der Waals surface area contributed by atoms with Gasteiger partial charge in [-0.3, -0.25) is 14.5 Å². The zero-order valence-corrected chi connectivity index (χ0v) is 20.5. The summed E-state index contributed by atoms with van der Waals surface area (Å²) >= 11 is 12.0. The largest absolute Gasteiger partial charge is 0.338 e. The van der Waals surface area contributed by atoms with Crippen LogP contribution in [0, 0.1) is 0 Å². The zero-order chi connectivity index (χ0) is 23.7. The molecule has 1 saturated heterocycles. The van der Waals surface area contributed by atoms with E-state index in [1.165, 1.54) is 25.7 Å². The second-order valence-corrected chi connectivity index (χ2v) is 10.1. The van der Waals surface area contributed by atoms with E-state index in [4.69, 9.17) is 23.2 Å². The number of anilines is 1. The highest BCUT2D eigenvalue weighted by molar-refractivity contribution is 6.35. The van der Waals surface area contributed by atoms with Crippen LogP contribution < -0.4 is 5.32 Å². The molecule has 1 aliphatic carbocycles. The van der Waals surface area contributed by atoms with Crippen molar-refractivity contribution in [1.82, 2.24) is 14.4 Å². The number of carbonyl (C=O) groups excluding carboxylic acids is 2. The van der Waals surface area contributed by atoms with Crippen LogP contribution >= 0.6 is 23.2 Å². The molecule has 8 heteroatoms. The molecule has 5 rings (SSSR count). The number of amides is 2.